The molecule has 0 radical (unpaired) electrons. The SMILES string of the molecule is CC(C)(C)OC(=O)N[C@@H](Cc1ccc(Cl)cc1Cl)C(=O)[O-]. The Labute approximate surface area is 133 Å². The van der Waals surface area contributed by atoms with Crippen molar-refractivity contribution in [1.29, 1.82) is 0 Å². The zero-order valence-electron chi connectivity index (χ0n) is 11.9. The molecule has 0 aliphatic heterocycles. The quantitative estimate of drug-likeness (QED) is 0.916. The minimum absolute atomic E-state index is 0.0302. The second-order valence-electron chi connectivity index (χ2n) is 5.46. The number of nitrogens with one attached hydrogen (secondary N) is 1. The Hall–Kier alpha value is -1.46. The van der Waals surface area contributed by atoms with Crippen LogP contribution in [0.5, 0.6) is 0 Å². The van der Waals surface area contributed by atoms with Crippen LogP contribution in [0.3, 0.4) is 0 Å². The zero-order chi connectivity index (χ0) is 16.2. The number of carboxylic acid groups (broad SMARTS) is 1. The Balaban J connectivity index is 2.79. The van der Waals surface area contributed by atoms with E-state index in [1.165, 1.54) is 6.07 Å². The van der Waals surface area contributed by atoms with E-state index in [4.69, 9.17) is 27.9 Å². The molecular formula is C14H16Cl2NO4-. The molecule has 0 heterocycles. The Morgan fingerprint density at radius 1 is 1.33 bits per heavy atom. The lowest BCUT2D eigenvalue weighted by Crippen LogP contribution is -2.50. The van der Waals surface area contributed by atoms with Gasteiger partial charge in [0.05, 0.1) is 12.0 Å². The van der Waals surface area contributed by atoms with E-state index in [1.807, 2.05) is 0 Å². The standard InChI is InChI=1S/C14H17Cl2NO4/c1-14(2,3)21-13(20)17-11(12(18)19)6-8-4-5-9(15)7-10(8)16/h4-5,7,11H,6H2,1-3H3,(H,17,20)(H,18,19)/p-1/t11-/m0/s1. The van der Waals surface area contributed by atoms with E-state index in [0.717, 1.165) is 0 Å². The second kappa shape index (κ2) is 7.00. The third-order valence-corrected chi connectivity index (χ3v) is 3.00. The summed E-state index contributed by atoms with van der Waals surface area (Å²) >= 11 is 11.7. The van der Waals surface area contributed by atoms with E-state index in [1.54, 1.807) is 32.9 Å². The van der Waals surface area contributed by atoms with Crippen molar-refractivity contribution < 1.29 is 19.4 Å². The molecule has 1 amide bonds. The van der Waals surface area contributed by atoms with E-state index in [9.17, 15) is 14.7 Å². The Kier molecular flexibility index (Phi) is 5.87. The highest BCUT2D eigenvalue weighted by Gasteiger charge is 2.21. The Morgan fingerprint density at radius 2 is 1.95 bits per heavy atom. The number of hydrogen-bond donors (Lipinski definition) is 1. The maximum Gasteiger partial charge on any atom is 0.408 e. The first kappa shape index (κ1) is 17.6. The predicted molar refractivity (Wildman–Crippen MR) is 78.3 cm³/mol. The Morgan fingerprint density at radius 3 is 2.43 bits per heavy atom. The van der Waals surface area contributed by atoms with Gasteiger partial charge in [0.1, 0.15) is 5.60 Å². The third-order valence-electron chi connectivity index (χ3n) is 2.41. The molecule has 1 atom stereocenters. The molecule has 1 N–H and O–H groups in total. The number of halogens is 2. The van der Waals surface area contributed by atoms with Crippen LogP contribution in [-0.4, -0.2) is 23.7 Å². The van der Waals surface area contributed by atoms with E-state index in [2.05, 4.69) is 5.32 Å². The summed E-state index contributed by atoms with van der Waals surface area (Å²) in [6.45, 7) is 5.03. The molecular weight excluding hydrogens is 317 g/mol. The van der Waals surface area contributed by atoms with Crippen molar-refractivity contribution >= 4 is 35.3 Å². The van der Waals surface area contributed by atoms with Gasteiger partial charge in [0.25, 0.3) is 0 Å². The van der Waals surface area contributed by atoms with Crippen LogP contribution in [0.1, 0.15) is 26.3 Å². The highest BCUT2D eigenvalue weighted by molar-refractivity contribution is 6.35. The number of aliphatic carboxylic acids is 1. The van der Waals surface area contributed by atoms with E-state index < -0.39 is 23.7 Å². The number of ether oxygens (including phenoxy) is 1. The number of carbonyl (C=O) groups excluding carboxylic acids is 2. The lowest BCUT2D eigenvalue weighted by molar-refractivity contribution is -0.308. The summed E-state index contributed by atoms with van der Waals surface area (Å²) in [5.41, 5.74) is -0.190. The highest BCUT2D eigenvalue weighted by Crippen LogP contribution is 2.22. The molecule has 0 saturated carbocycles. The fourth-order valence-corrected chi connectivity index (χ4v) is 2.04. The topological polar surface area (TPSA) is 78.5 Å². The normalized spacial score (nSPS) is 12.6. The minimum Gasteiger partial charge on any atom is -0.548 e. The molecule has 0 saturated heterocycles. The van der Waals surface area contributed by atoms with Gasteiger partial charge in [-0.1, -0.05) is 29.3 Å². The summed E-state index contributed by atoms with van der Waals surface area (Å²) in [6, 6.07) is 3.43. The molecule has 0 bridgehead atoms. The van der Waals surface area contributed by atoms with Gasteiger partial charge in [-0.05, 0) is 44.9 Å². The Bertz CT molecular complexity index is 540. The van der Waals surface area contributed by atoms with Gasteiger partial charge in [0.2, 0.25) is 0 Å². The number of hydrogen-bond acceptors (Lipinski definition) is 4. The van der Waals surface area contributed by atoms with Gasteiger partial charge in [-0.2, -0.15) is 0 Å². The summed E-state index contributed by atoms with van der Waals surface area (Å²) < 4.78 is 5.01. The number of alkyl carbamates (subject to hydrolysis) is 1. The van der Waals surface area contributed by atoms with Crippen LogP contribution in [0.2, 0.25) is 10.0 Å². The number of carbonyl (C=O) groups is 2. The van der Waals surface area contributed by atoms with Gasteiger partial charge in [0, 0.05) is 10.0 Å². The lowest BCUT2D eigenvalue weighted by atomic mass is 10.1. The summed E-state index contributed by atoms with van der Waals surface area (Å²) in [6.07, 6.45) is -0.862. The van der Waals surface area contributed by atoms with Crippen molar-refractivity contribution in [2.24, 2.45) is 0 Å². The first-order valence-corrected chi connectivity index (χ1v) is 6.98. The number of benzene rings is 1. The van der Waals surface area contributed by atoms with Crippen LogP contribution in [0.25, 0.3) is 0 Å². The molecule has 1 aromatic rings. The smallest absolute Gasteiger partial charge is 0.408 e. The minimum atomic E-state index is -1.42. The highest BCUT2D eigenvalue weighted by atomic mass is 35.5. The van der Waals surface area contributed by atoms with Crippen LogP contribution < -0.4 is 10.4 Å². The summed E-state index contributed by atoms with van der Waals surface area (Å²) in [7, 11) is 0. The van der Waals surface area contributed by atoms with Crippen molar-refractivity contribution in [3.8, 4) is 0 Å². The predicted octanol–water partition coefficient (Wildman–Crippen LogP) is 2.18. The maximum atomic E-state index is 11.6. The summed E-state index contributed by atoms with van der Waals surface area (Å²) in [4.78, 5) is 22.8. The summed E-state index contributed by atoms with van der Waals surface area (Å²) in [5.74, 6) is -1.42. The average Bonchev–Trinajstić information content (AvgIpc) is 2.28. The van der Waals surface area contributed by atoms with Crippen LogP contribution in [0.15, 0.2) is 18.2 Å². The maximum absolute atomic E-state index is 11.6. The fourth-order valence-electron chi connectivity index (χ4n) is 1.55. The molecule has 5 nitrogen and oxygen atoms in total. The second-order valence-corrected chi connectivity index (χ2v) is 6.30. The number of rotatable bonds is 4. The van der Waals surface area contributed by atoms with E-state index in [-0.39, 0.29) is 6.42 Å². The molecule has 0 aromatic heterocycles. The molecule has 116 valence electrons. The molecule has 1 aromatic carbocycles. The van der Waals surface area contributed by atoms with Crippen molar-refractivity contribution in [2.75, 3.05) is 0 Å². The van der Waals surface area contributed by atoms with Gasteiger partial charge in [0.15, 0.2) is 0 Å². The van der Waals surface area contributed by atoms with Crippen molar-refractivity contribution in [2.45, 2.75) is 38.8 Å². The first-order valence-electron chi connectivity index (χ1n) is 6.23. The van der Waals surface area contributed by atoms with Gasteiger partial charge in [-0.15, -0.1) is 0 Å². The van der Waals surface area contributed by atoms with Crippen LogP contribution >= 0.6 is 23.2 Å². The van der Waals surface area contributed by atoms with Crippen molar-refractivity contribution in [3.63, 3.8) is 0 Å². The largest absolute Gasteiger partial charge is 0.548 e. The molecule has 7 heteroatoms. The van der Waals surface area contributed by atoms with Crippen LogP contribution in [-0.2, 0) is 16.0 Å². The van der Waals surface area contributed by atoms with Gasteiger partial charge >= 0.3 is 6.09 Å². The molecule has 0 fully saturated rings. The van der Waals surface area contributed by atoms with E-state index >= 15 is 0 Å². The fraction of sp³-hybridized carbons (Fsp3) is 0.429. The number of carboxylic acids is 1. The molecule has 0 aliphatic rings. The van der Waals surface area contributed by atoms with Gasteiger partial charge in [-0.3, -0.25) is 0 Å². The summed E-state index contributed by atoms with van der Waals surface area (Å²) in [5, 5.41) is 14.1. The van der Waals surface area contributed by atoms with Gasteiger partial charge < -0.3 is 20.0 Å². The lowest BCUT2D eigenvalue weighted by Gasteiger charge is -2.24. The van der Waals surface area contributed by atoms with Crippen molar-refractivity contribution in [1.82, 2.24) is 5.32 Å². The monoisotopic (exact) mass is 332 g/mol. The van der Waals surface area contributed by atoms with Crippen LogP contribution in [0.4, 0.5) is 4.79 Å². The van der Waals surface area contributed by atoms with Crippen molar-refractivity contribution in [3.05, 3.63) is 33.8 Å². The third kappa shape index (κ3) is 6.23. The number of amides is 1. The molecule has 21 heavy (non-hydrogen) atoms. The molecule has 0 aliphatic carbocycles. The van der Waals surface area contributed by atoms with Gasteiger partial charge in [-0.25, -0.2) is 4.79 Å². The average molecular weight is 333 g/mol. The molecule has 0 spiro atoms. The molecule has 1 rings (SSSR count). The van der Waals surface area contributed by atoms with E-state index in [0.29, 0.717) is 15.6 Å². The van der Waals surface area contributed by atoms with Crippen LogP contribution in [0, 0.1) is 0 Å². The molecule has 0 unspecified atom stereocenters. The zero-order valence-corrected chi connectivity index (χ0v) is 13.4. The first-order chi connectivity index (χ1) is 9.58.